The molecule has 0 bridgehead atoms. The first kappa shape index (κ1) is 13.3. The van der Waals surface area contributed by atoms with Crippen LogP contribution in [0.1, 0.15) is 0 Å². The molecule has 0 radical (unpaired) electrons. The van der Waals surface area contributed by atoms with Gasteiger partial charge in [0.05, 0.1) is 6.61 Å². The minimum absolute atomic E-state index is 0.0539. The Morgan fingerprint density at radius 1 is 1.31 bits per heavy atom. The highest BCUT2D eigenvalue weighted by Gasteiger charge is 2.05. The van der Waals surface area contributed by atoms with Crippen LogP contribution in [-0.2, 0) is 4.74 Å². The van der Waals surface area contributed by atoms with Gasteiger partial charge in [0.25, 0.3) is 6.43 Å². The van der Waals surface area contributed by atoms with E-state index in [9.17, 15) is 8.78 Å². The van der Waals surface area contributed by atoms with Crippen molar-refractivity contribution in [3.05, 3.63) is 10.4 Å². The van der Waals surface area contributed by atoms with E-state index in [2.05, 4.69) is 25.2 Å². The van der Waals surface area contributed by atoms with Crippen LogP contribution < -0.4 is 5.32 Å². The minimum Gasteiger partial charge on any atom is -0.374 e. The quantitative estimate of drug-likeness (QED) is 0.802. The standard InChI is InChI=1S/C7H8Cl2F2N4O/c8-5-6(13-7(9)15-14-5)12-1-2-16-3-4(10)11/h4H,1-3H2,(H,12,13,15). The Kier molecular flexibility index (Phi) is 5.58. The van der Waals surface area contributed by atoms with Gasteiger partial charge in [0.2, 0.25) is 5.28 Å². The van der Waals surface area contributed by atoms with E-state index in [-0.39, 0.29) is 29.4 Å². The smallest absolute Gasteiger partial charge is 0.261 e. The second-order valence-corrected chi connectivity index (χ2v) is 3.31. The topological polar surface area (TPSA) is 59.9 Å². The molecular weight excluding hydrogens is 265 g/mol. The van der Waals surface area contributed by atoms with Crippen LogP contribution in [0.5, 0.6) is 0 Å². The Balaban J connectivity index is 2.29. The van der Waals surface area contributed by atoms with E-state index in [0.29, 0.717) is 0 Å². The van der Waals surface area contributed by atoms with Gasteiger partial charge in [-0.05, 0) is 11.6 Å². The zero-order valence-electron chi connectivity index (χ0n) is 7.96. The lowest BCUT2D eigenvalue weighted by Gasteiger charge is -2.06. The van der Waals surface area contributed by atoms with E-state index in [0.717, 1.165) is 0 Å². The van der Waals surface area contributed by atoms with Crippen molar-refractivity contribution in [3.8, 4) is 0 Å². The van der Waals surface area contributed by atoms with E-state index in [1.54, 1.807) is 0 Å². The van der Waals surface area contributed by atoms with Crippen molar-refractivity contribution < 1.29 is 13.5 Å². The molecule has 0 atom stereocenters. The van der Waals surface area contributed by atoms with Crippen LogP contribution in [0.15, 0.2) is 0 Å². The third kappa shape index (κ3) is 4.82. The molecule has 0 aliphatic carbocycles. The zero-order valence-corrected chi connectivity index (χ0v) is 9.47. The molecule has 1 heterocycles. The predicted molar refractivity (Wildman–Crippen MR) is 55.2 cm³/mol. The summed E-state index contributed by atoms with van der Waals surface area (Å²) in [4.78, 5) is 3.75. The molecule has 1 aromatic rings. The Morgan fingerprint density at radius 2 is 2.06 bits per heavy atom. The molecule has 9 heteroatoms. The molecule has 0 saturated carbocycles. The van der Waals surface area contributed by atoms with Crippen LogP contribution >= 0.6 is 23.2 Å². The first-order valence-corrected chi connectivity index (χ1v) is 5.00. The van der Waals surface area contributed by atoms with Crippen molar-refractivity contribution >= 4 is 29.0 Å². The summed E-state index contributed by atoms with van der Waals surface area (Å²) in [6.07, 6.45) is -2.47. The summed E-state index contributed by atoms with van der Waals surface area (Å²) >= 11 is 11.1. The van der Waals surface area contributed by atoms with Crippen LogP contribution in [0, 0.1) is 0 Å². The third-order valence-electron chi connectivity index (χ3n) is 1.40. The molecular formula is C7H8Cl2F2N4O. The van der Waals surface area contributed by atoms with Crippen LogP contribution in [0.4, 0.5) is 14.6 Å². The van der Waals surface area contributed by atoms with Crippen molar-refractivity contribution in [2.75, 3.05) is 25.1 Å². The SMILES string of the molecule is FC(F)COCCNc1nc(Cl)nnc1Cl. The Labute approximate surface area is 100 Å². The van der Waals surface area contributed by atoms with E-state index in [1.807, 2.05) is 0 Å². The van der Waals surface area contributed by atoms with Gasteiger partial charge < -0.3 is 10.1 Å². The van der Waals surface area contributed by atoms with Gasteiger partial charge in [-0.1, -0.05) is 11.6 Å². The molecule has 0 aliphatic rings. The number of hydrogen-bond donors (Lipinski definition) is 1. The zero-order chi connectivity index (χ0) is 12.0. The van der Waals surface area contributed by atoms with Crippen LogP contribution in [0.2, 0.25) is 10.4 Å². The number of alkyl halides is 2. The fourth-order valence-electron chi connectivity index (χ4n) is 0.820. The van der Waals surface area contributed by atoms with Gasteiger partial charge in [0.1, 0.15) is 6.61 Å². The fourth-order valence-corrected chi connectivity index (χ4v) is 1.09. The van der Waals surface area contributed by atoms with Crippen molar-refractivity contribution in [3.63, 3.8) is 0 Å². The summed E-state index contributed by atoms with van der Waals surface area (Å²) in [5.74, 6) is 0.238. The molecule has 0 spiro atoms. The Hall–Kier alpha value is -0.790. The lowest BCUT2D eigenvalue weighted by atomic mass is 10.6. The van der Waals surface area contributed by atoms with Gasteiger partial charge in [0, 0.05) is 6.54 Å². The third-order valence-corrected chi connectivity index (χ3v) is 1.82. The lowest BCUT2D eigenvalue weighted by molar-refractivity contribution is 0.0215. The molecule has 0 fully saturated rings. The van der Waals surface area contributed by atoms with Crippen LogP contribution in [0.25, 0.3) is 0 Å². The van der Waals surface area contributed by atoms with Crippen molar-refractivity contribution in [1.29, 1.82) is 0 Å². The van der Waals surface area contributed by atoms with Crippen molar-refractivity contribution in [1.82, 2.24) is 15.2 Å². The second kappa shape index (κ2) is 6.72. The first-order chi connectivity index (χ1) is 7.59. The van der Waals surface area contributed by atoms with Crippen molar-refractivity contribution in [2.24, 2.45) is 0 Å². The summed E-state index contributed by atoms with van der Waals surface area (Å²) < 4.78 is 28.0. The highest BCUT2D eigenvalue weighted by atomic mass is 35.5. The normalized spacial score (nSPS) is 10.8. The van der Waals surface area contributed by atoms with Gasteiger partial charge in [-0.3, -0.25) is 0 Å². The number of anilines is 1. The molecule has 1 aromatic heterocycles. The second-order valence-electron chi connectivity index (χ2n) is 2.61. The average Bonchev–Trinajstić information content (AvgIpc) is 2.22. The van der Waals surface area contributed by atoms with E-state index in [1.165, 1.54) is 0 Å². The summed E-state index contributed by atoms with van der Waals surface area (Å²) in [6.45, 7) is -0.234. The number of rotatable bonds is 6. The summed E-state index contributed by atoms with van der Waals surface area (Å²) in [7, 11) is 0. The first-order valence-electron chi connectivity index (χ1n) is 4.25. The van der Waals surface area contributed by atoms with Gasteiger partial charge in [-0.2, -0.15) is 4.98 Å². The minimum atomic E-state index is -2.47. The maximum atomic E-state index is 11.7. The van der Waals surface area contributed by atoms with E-state index < -0.39 is 13.0 Å². The molecule has 0 saturated heterocycles. The van der Waals surface area contributed by atoms with Gasteiger partial charge in [-0.25, -0.2) is 8.78 Å². The number of ether oxygens (including phenoxy) is 1. The van der Waals surface area contributed by atoms with Crippen LogP contribution in [0.3, 0.4) is 0 Å². The van der Waals surface area contributed by atoms with Gasteiger partial charge in [0.15, 0.2) is 11.0 Å². The maximum absolute atomic E-state index is 11.7. The predicted octanol–water partition coefficient (Wildman–Crippen LogP) is 1.87. The molecule has 0 unspecified atom stereocenters. The molecule has 5 nitrogen and oxygen atoms in total. The average molecular weight is 273 g/mol. The van der Waals surface area contributed by atoms with Crippen LogP contribution in [-0.4, -0.2) is 41.4 Å². The summed E-state index contributed by atoms with van der Waals surface area (Å²) in [6, 6.07) is 0. The Bertz CT molecular complexity index is 342. The molecule has 0 aliphatic heterocycles. The highest BCUT2D eigenvalue weighted by molar-refractivity contribution is 6.32. The number of aromatic nitrogens is 3. The van der Waals surface area contributed by atoms with Crippen molar-refractivity contribution in [2.45, 2.75) is 6.43 Å². The fraction of sp³-hybridized carbons (Fsp3) is 0.571. The van der Waals surface area contributed by atoms with E-state index >= 15 is 0 Å². The molecule has 1 N–H and O–H groups in total. The summed E-state index contributed by atoms with van der Waals surface area (Å²) in [5.41, 5.74) is 0. The van der Waals surface area contributed by atoms with Gasteiger partial charge in [-0.15, -0.1) is 10.2 Å². The maximum Gasteiger partial charge on any atom is 0.261 e. The number of halogens is 4. The number of nitrogens with one attached hydrogen (secondary N) is 1. The monoisotopic (exact) mass is 272 g/mol. The van der Waals surface area contributed by atoms with E-state index in [4.69, 9.17) is 23.2 Å². The highest BCUT2D eigenvalue weighted by Crippen LogP contribution is 2.15. The molecule has 1 rings (SSSR count). The summed E-state index contributed by atoms with van der Waals surface area (Å²) in [5, 5.41) is 9.64. The van der Waals surface area contributed by atoms with Gasteiger partial charge >= 0.3 is 0 Å². The molecule has 90 valence electrons. The Morgan fingerprint density at radius 3 is 2.75 bits per heavy atom. The largest absolute Gasteiger partial charge is 0.374 e. The molecule has 0 aromatic carbocycles. The number of nitrogens with zero attached hydrogens (tertiary/aromatic N) is 3. The molecule has 0 amide bonds. The lowest BCUT2D eigenvalue weighted by Crippen LogP contribution is -2.14. The molecule has 16 heavy (non-hydrogen) atoms. The number of hydrogen-bond acceptors (Lipinski definition) is 5.